The Morgan fingerprint density at radius 2 is 1.83 bits per heavy atom. The Morgan fingerprint density at radius 1 is 1.08 bits per heavy atom. The quantitative estimate of drug-likeness (QED) is 0.426. The monoisotopic (exact) mass is 500 g/mol. The van der Waals surface area contributed by atoms with Crippen LogP contribution in [0.2, 0.25) is 0 Å². The van der Waals surface area contributed by atoms with E-state index in [1.807, 2.05) is 0 Å². The predicted octanol–water partition coefficient (Wildman–Crippen LogP) is 5.08. The molecule has 1 saturated heterocycles. The van der Waals surface area contributed by atoms with E-state index >= 15 is 0 Å². The molecule has 9 heteroatoms. The summed E-state index contributed by atoms with van der Waals surface area (Å²) in [6.45, 7) is 0.230. The zero-order valence-electron chi connectivity index (χ0n) is 19.1. The second-order valence-corrected chi connectivity index (χ2v) is 8.73. The first-order valence-corrected chi connectivity index (χ1v) is 11.6. The van der Waals surface area contributed by atoms with E-state index in [2.05, 4.69) is 6.07 Å². The number of carboxylic acid groups (broad SMARTS) is 1. The predicted molar refractivity (Wildman–Crippen MR) is 133 cm³/mol. The van der Waals surface area contributed by atoms with E-state index in [-0.39, 0.29) is 23.6 Å². The lowest BCUT2D eigenvalue weighted by Crippen LogP contribution is -2.27. The summed E-state index contributed by atoms with van der Waals surface area (Å²) in [6, 6.07) is 20.4. The average Bonchev–Trinajstić information content (AvgIpc) is 3.15. The van der Waals surface area contributed by atoms with E-state index in [1.165, 1.54) is 19.2 Å². The summed E-state index contributed by atoms with van der Waals surface area (Å²) in [7, 11) is 1.49. The van der Waals surface area contributed by atoms with Gasteiger partial charge in [0.05, 0.1) is 35.8 Å². The van der Waals surface area contributed by atoms with Crippen molar-refractivity contribution in [2.75, 3.05) is 7.11 Å². The van der Waals surface area contributed by atoms with Crippen LogP contribution in [0.3, 0.4) is 0 Å². The topological polar surface area (TPSA) is 117 Å². The largest absolute Gasteiger partial charge is 0.493 e. The highest BCUT2D eigenvalue weighted by Crippen LogP contribution is 2.35. The molecule has 0 unspecified atom stereocenters. The number of nitrogens with zero attached hydrogens (tertiary/aromatic N) is 2. The molecule has 1 heterocycles. The molecule has 8 nitrogen and oxygen atoms in total. The number of hydrogen-bond donors (Lipinski definition) is 1. The fraction of sp³-hybridized carbons (Fsp3) is 0.111. The van der Waals surface area contributed by atoms with Gasteiger partial charge in [0, 0.05) is 0 Å². The Labute approximate surface area is 211 Å². The van der Waals surface area contributed by atoms with Gasteiger partial charge in [-0.3, -0.25) is 14.5 Å². The van der Waals surface area contributed by atoms with Gasteiger partial charge < -0.3 is 14.6 Å². The number of carbonyl (C=O) groups excluding carboxylic acids is 2. The SMILES string of the molecule is COc1cc(/C=C2/SC(=O)N(Cc3ccccc3C#N)C2=O)ccc1OCc1ccc(C(=O)O)cc1. The number of carbonyl (C=O) groups is 3. The average molecular weight is 501 g/mol. The van der Waals surface area contributed by atoms with Gasteiger partial charge >= 0.3 is 5.97 Å². The molecule has 0 bridgehead atoms. The summed E-state index contributed by atoms with van der Waals surface area (Å²) in [5.41, 5.74) is 2.65. The van der Waals surface area contributed by atoms with E-state index in [4.69, 9.17) is 14.6 Å². The lowest BCUT2D eigenvalue weighted by molar-refractivity contribution is -0.123. The number of hydrogen-bond acceptors (Lipinski definition) is 7. The van der Waals surface area contributed by atoms with Gasteiger partial charge in [-0.1, -0.05) is 36.4 Å². The second kappa shape index (κ2) is 10.8. The number of thioether (sulfide) groups is 1. The van der Waals surface area contributed by atoms with Gasteiger partial charge in [-0.15, -0.1) is 0 Å². The lowest BCUT2D eigenvalue weighted by atomic mass is 10.1. The summed E-state index contributed by atoms with van der Waals surface area (Å²) >= 11 is 0.839. The maximum Gasteiger partial charge on any atom is 0.335 e. The molecule has 0 aromatic heterocycles. The van der Waals surface area contributed by atoms with Crippen molar-refractivity contribution < 1.29 is 29.0 Å². The molecule has 36 heavy (non-hydrogen) atoms. The molecule has 1 fully saturated rings. The van der Waals surface area contributed by atoms with E-state index in [0.29, 0.717) is 28.2 Å². The number of ether oxygens (including phenoxy) is 2. The minimum atomic E-state index is -0.996. The number of amides is 2. The lowest BCUT2D eigenvalue weighted by Gasteiger charge is -2.13. The van der Waals surface area contributed by atoms with Crippen LogP contribution in [0.5, 0.6) is 11.5 Å². The first-order valence-electron chi connectivity index (χ1n) is 10.8. The Balaban J connectivity index is 1.47. The van der Waals surface area contributed by atoms with Gasteiger partial charge in [0.25, 0.3) is 11.1 Å². The van der Waals surface area contributed by atoms with Crippen LogP contribution in [0.25, 0.3) is 6.08 Å². The van der Waals surface area contributed by atoms with Gasteiger partial charge in [-0.25, -0.2) is 4.79 Å². The van der Waals surface area contributed by atoms with Crippen molar-refractivity contribution in [3.8, 4) is 17.6 Å². The molecule has 0 radical (unpaired) electrons. The Kier molecular flexibility index (Phi) is 7.37. The Morgan fingerprint density at radius 3 is 2.53 bits per heavy atom. The van der Waals surface area contributed by atoms with Gasteiger partial charge in [-0.05, 0) is 64.9 Å². The zero-order chi connectivity index (χ0) is 25.7. The third kappa shape index (κ3) is 5.40. The Hall–Kier alpha value is -4.55. The van der Waals surface area contributed by atoms with Gasteiger partial charge in [0.2, 0.25) is 0 Å². The maximum atomic E-state index is 12.9. The first-order chi connectivity index (χ1) is 17.4. The molecule has 3 aromatic rings. The molecule has 1 aliphatic heterocycles. The summed E-state index contributed by atoms with van der Waals surface area (Å²) < 4.78 is 11.3. The summed E-state index contributed by atoms with van der Waals surface area (Å²) in [5.74, 6) is -0.516. The number of methoxy groups -OCH3 is 1. The normalized spacial score (nSPS) is 14.1. The molecular formula is C27H20N2O6S. The van der Waals surface area contributed by atoms with Crippen LogP contribution in [0, 0.1) is 11.3 Å². The smallest absolute Gasteiger partial charge is 0.335 e. The van der Waals surface area contributed by atoms with Crippen molar-refractivity contribution >= 4 is 35.0 Å². The van der Waals surface area contributed by atoms with E-state index in [9.17, 15) is 19.6 Å². The summed E-state index contributed by atoms with van der Waals surface area (Å²) in [5, 5.41) is 17.9. The molecule has 0 atom stereocenters. The van der Waals surface area contributed by atoms with E-state index < -0.39 is 17.1 Å². The molecule has 0 spiro atoms. The molecule has 0 aliphatic carbocycles. The highest BCUT2D eigenvalue weighted by molar-refractivity contribution is 8.18. The minimum absolute atomic E-state index is 0.0231. The first kappa shape index (κ1) is 24.6. The number of imide groups is 1. The molecule has 3 aromatic carbocycles. The van der Waals surface area contributed by atoms with Gasteiger partial charge in [0.15, 0.2) is 11.5 Å². The van der Waals surface area contributed by atoms with Crippen molar-refractivity contribution in [2.24, 2.45) is 0 Å². The van der Waals surface area contributed by atoms with Crippen LogP contribution in [0.4, 0.5) is 4.79 Å². The highest BCUT2D eigenvalue weighted by atomic mass is 32.2. The van der Waals surface area contributed by atoms with Crippen molar-refractivity contribution in [1.29, 1.82) is 5.26 Å². The molecule has 1 aliphatic rings. The molecule has 180 valence electrons. The van der Waals surface area contributed by atoms with Crippen LogP contribution in [-0.2, 0) is 17.9 Å². The third-order valence-corrected chi connectivity index (χ3v) is 6.33. The standard InChI is InChI=1S/C27H20N2O6S/c1-34-23-12-18(8-11-22(23)35-16-17-6-9-19(10-7-17)26(31)32)13-24-25(30)29(27(33)36-24)15-21-5-3-2-4-20(21)14-28/h2-13H,15-16H2,1H3,(H,31,32)/b24-13+. The number of nitriles is 1. The van der Waals surface area contributed by atoms with Crippen LogP contribution in [0.15, 0.2) is 71.6 Å². The number of carboxylic acids is 1. The number of benzene rings is 3. The molecule has 0 saturated carbocycles. The van der Waals surface area contributed by atoms with Crippen molar-refractivity contribution in [2.45, 2.75) is 13.2 Å². The number of aromatic carboxylic acids is 1. The zero-order valence-corrected chi connectivity index (χ0v) is 20.0. The maximum absolute atomic E-state index is 12.9. The molecule has 4 rings (SSSR count). The van der Waals surface area contributed by atoms with Crippen LogP contribution < -0.4 is 9.47 Å². The van der Waals surface area contributed by atoms with Gasteiger partial charge in [0.1, 0.15) is 6.61 Å². The van der Waals surface area contributed by atoms with Crippen LogP contribution >= 0.6 is 11.8 Å². The van der Waals surface area contributed by atoms with E-state index in [0.717, 1.165) is 22.2 Å². The third-order valence-electron chi connectivity index (χ3n) is 5.42. The molecule has 2 amide bonds. The van der Waals surface area contributed by atoms with Gasteiger partial charge in [-0.2, -0.15) is 5.26 Å². The van der Waals surface area contributed by atoms with Crippen molar-refractivity contribution in [1.82, 2.24) is 4.90 Å². The van der Waals surface area contributed by atoms with Crippen molar-refractivity contribution in [3.63, 3.8) is 0 Å². The molecule has 1 N–H and O–H groups in total. The van der Waals surface area contributed by atoms with E-state index in [1.54, 1.807) is 60.7 Å². The fourth-order valence-electron chi connectivity index (χ4n) is 3.52. The Bertz CT molecular complexity index is 1410. The fourth-order valence-corrected chi connectivity index (χ4v) is 4.36. The second-order valence-electron chi connectivity index (χ2n) is 7.74. The van der Waals surface area contributed by atoms with Crippen LogP contribution in [-0.4, -0.2) is 34.2 Å². The summed E-state index contributed by atoms with van der Waals surface area (Å²) in [4.78, 5) is 37.8. The minimum Gasteiger partial charge on any atom is -0.493 e. The summed E-state index contributed by atoms with van der Waals surface area (Å²) in [6.07, 6.45) is 1.61. The molecular weight excluding hydrogens is 480 g/mol. The van der Waals surface area contributed by atoms with Crippen LogP contribution in [0.1, 0.15) is 32.6 Å². The highest BCUT2D eigenvalue weighted by Gasteiger charge is 2.35. The number of rotatable bonds is 8. The van der Waals surface area contributed by atoms with Crippen molar-refractivity contribution in [3.05, 3.63) is 99.5 Å².